The number of likely N-dealkylation sites (tertiary alicyclic amines) is 1. The summed E-state index contributed by atoms with van der Waals surface area (Å²) >= 11 is 0. The number of carbonyl (C=O) groups is 2. The Hall–Kier alpha value is -4.33. The SMILES string of the molecule is NC(=O)Nc1ccc2c(c1)C(=Cc1cc(C3=CC=C(N4CC[C@@H](O)C4)CC3=C=O)c[nH]1)C(=O)N2. The molecule has 5 rings (SSSR count). The Kier molecular flexibility index (Phi) is 5.41. The zero-order valence-corrected chi connectivity index (χ0v) is 18.2. The maximum absolute atomic E-state index is 12.6. The van der Waals surface area contributed by atoms with Gasteiger partial charge < -0.3 is 31.4 Å². The molecule has 1 saturated heterocycles. The van der Waals surface area contributed by atoms with Gasteiger partial charge in [-0.1, -0.05) is 6.08 Å². The number of aromatic nitrogens is 1. The number of allylic oxidation sites excluding steroid dienone is 4. The largest absolute Gasteiger partial charge is 0.391 e. The number of primary amides is 1. The van der Waals surface area contributed by atoms with Crippen LogP contribution in [0.2, 0.25) is 0 Å². The number of benzene rings is 1. The minimum atomic E-state index is -0.685. The van der Waals surface area contributed by atoms with E-state index in [4.69, 9.17) is 5.73 Å². The molecule has 2 aliphatic heterocycles. The molecule has 0 radical (unpaired) electrons. The van der Waals surface area contributed by atoms with E-state index >= 15 is 0 Å². The van der Waals surface area contributed by atoms with E-state index in [2.05, 4.69) is 26.5 Å². The fourth-order valence-corrected chi connectivity index (χ4v) is 4.55. The number of aromatic amines is 1. The number of β-amino-alcohol motifs (C(OH)–C–C–N with tert-alkyl or cyclic N) is 1. The lowest BCUT2D eigenvalue weighted by Crippen LogP contribution is -2.23. The average Bonchev–Trinajstić information content (AvgIpc) is 3.53. The number of hydrogen-bond donors (Lipinski definition) is 5. The quantitative estimate of drug-likeness (QED) is 0.354. The molecule has 2 aromatic rings. The second-order valence-corrected chi connectivity index (χ2v) is 8.49. The summed E-state index contributed by atoms with van der Waals surface area (Å²) in [5.41, 5.74) is 11.2. The molecule has 9 heteroatoms. The number of urea groups is 1. The molecule has 3 aliphatic rings. The van der Waals surface area contributed by atoms with Gasteiger partial charge in [-0.2, -0.15) is 0 Å². The molecule has 1 atom stereocenters. The van der Waals surface area contributed by atoms with Gasteiger partial charge >= 0.3 is 6.03 Å². The number of nitrogens with zero attached hydrogens (tertiary/aromatic N) is 1. The predicted octanol–water partition coefficient (Wildman–Crippen LogP) is 2.49. The van der Waals surface area contributed by atoms with Gasteiger partial charge in [-0.25, -0.2) is 9.59 Å². The summed E-state index contributed by atoms with van der Waals surface area (Å²) in [6, 6.07) is 6.23. The summed E-state index contributed by atoms with van der Waals surface area (Å²) in [4.78, 5) is 40.7. The standard InChI is InChI=1S/C25H23N5O4/c26-25(34)28-16-1-4-23-21(9-16)22(24(33)29-23)10-17-7-14(11-27-17)20-3-2-18(8-15(20)13-31)30-6-5-19(32)12-30/h1-4,7,9-11,19,27,32H,5-6,8,12H2,(H,29,33)(H3,26,28,34)/t19-/m1/s1. The molecular formula is C25H23N5O4. The van der Waals surface area contributed by atoms with Gasteiger partial charge in [0.15, 0.2) is 0 Å². The van der Waals surface area contributed by atoms with E-state index in [1.807, 2.05) is 18.2 Å². The number of nitrogens with one attached hydrogen (secondary N) is 3. The van der Waals surface area contributed by atoms with E-state index in [9.17, 15) is 19.5 Å². The highest BCUT2D eigenvalue weighted by Gasteiger charge is 2.27. The molecule has 1 aliphatic carbocycles. The van der Waals surface area contributed by atoms with Crippen LogP contribution in [0.1, 0.15) is 29.7 Å². The first kappa shape index (κ1) is 21.5. The number of aliphatic hydroxyl groups is 1. The Morgan fingerprint density at radius 2 is 2.15 bits per heavy atom. The third-order valence-corrected chi connectivity index (χ3v) is 6.20. The van der Waals surface area contributed by atoms with Crippen molar-refractivity contribution in [3.8, 4) is 0 Å². The normalized spacial score (nSPS) is 20.6. The predicted molar refractivity (Wildman–Crippen MR) is 129 cm³/mol. The molecule has 1 aromatic heterocycles. The molecule has 3 amide bonds. The third-order valence-electron chi connectivity index (χ3n) is 6.20. The van der Waals surface area contributed by atoms with Crippen molar-refractivity contribution in [1.82, 2.24) is 9.88 Å². The lowest BCUT2D eigenvalue weighted by atomic mass is 9.92. The number of carbonyl (C=O) groups excluding carboxylic acids is 3. The van der Waals surface area contributed by atoms with E-state index in [-0.39, 0.29) is 12.0 Å². The fraction of sp³-hybridized carbons (Fsp3) is 0.200. The van der Waals surface area contributed by atoms with Crippen molar-refractivity contribution in [2.24, 2.45) is 5.73 Å². The molecule has 0 bridgehead atoms. The monoisotopic (exact) mass is 457 g/mol. The third kappa shape index (κ3) is 4.05. The number of nitrogens with two attached hydrogens (primary N) is 1. The molecule has 0 unspecified atom stereocenters. The van der Waals surface area contributed by atoms with Gasteiger partial charge in [-0.05, 0) is 48.4 Å². The van der Waals surface area contributed by atoms with E-state index in [1.165, 1.54) is 0 Å². The van der Waals surface area contributed by atoms with Crippen LogP contribution in [-0.2, 0) is 9.59 Å². The molecule has 1 aromatic carbocycles. The van der Waals surface area contributed by atoms with Crippen LogP contribution < -0.4 is 16.4 Å². The molecule has 6 N–H and O–H groups in total. The van der Waals surface area contributed by atoms with Gasteiger partial charge in [0.25, 0.3) is 5.91 Å². The fourth-order valence-electron chi connectivity index (χ4n) is 4.55. The Morgan fingerprint density at radius 1 is 1.29 bits per heavy atom. The van der Waals surface area contributed by atoms with Gasteiger partial charge in [0.2, 0.25) is 0 Å². The zero-order chi connectivity index (χ0) is 23.8. The van der Waals surface area contributed by atoms with Gasteiger partial charge in [0.1, 0.15) is 5.94 Å². The number of amides is 3. The van der Waals surface area contributed by atoms with Crippen molar-refractivity contribution in [1.29, 1.82) is 0 Å². The first-order valence-corrected chi connectivity index (χ1v) is 10.9. The number of anilines is 2. The van der Waals surface area contributed by atoms with Crippen LogP contribution in [0.4, 0.5) is 16.2 Å². The summed E-state index contributed by atoms with van der Waals surface area (Å²) < 4.78 is 0. The van der Waals surface area contributed by atoms with E-state index in [0.29, 0.717) is 46.7 Å². The Balaban J connectivity index is 1.43. The highest BCUT2D eigenvalue weighted by molar-refractivity contribution is 6.35. The summed E-state index contributed by atoms with van der Waals surface area (Å²) in [6.07, 6.45) is 8.22. The summed E-state index contributed by atoms with van der Waals surface area (Å²) in [5, 5.41) is 15.1. The molecule has 3 heterocycles. The van der Waals surface area contributed by atoms with Crippen molar-refractivity contribution < 1.29 is 19.5 Å². The van der Waals surface area contributed by atoms with Crippen molar-refractivity contribution in [2.75, 3.05) is 23.7 Å². The topological polar surface area (TPSA) is 141 Å². The second-order valence-electron chi connectivity index (χ2n) is 8.49. The smallest absolute Gasteiger partial charge is 0.316 e. The second kappa shape index (κ2) is 8.55. The van der Waals surface area contributed by atoms with Gasteiger partial charge in [-0.3, -0.25) is 4.79 Å². The number of hydrogen-bond acceptors (Lipinski definition) is 5. The van der Waals surface area contributed by atoms with Crippen LogP contribution in [-0.4, -0.2) is 52.1 Å². The van der Waals surface area contributed by atoms with Crippen LogP contribution in [0.15, 0.2) is 53.9 Å². The van der Waals surface area contributed by atoms with Crippen LogP contribution >= 0.6 is 0 Å². The lowest BCUT2D eigenvalue weighted by Gasteiger charge is -2.24. The molecule has 1 fully saturated rings. The number of fused-ring (bicyclic) bond motifs is 1. The van der Waals surface area contributed by atoms with Gasteiger partial charge in [-0.15, -0.1) is 0 Å². The maximum atomic E-state index is 12.6. The molecular weight excluding hydrogens is 434 g/mol. The first-order chi connectivity index (χ1) is 16.4. The van der Waals surface area contributed by atoms with Gasteiger partial charge in [0, 0.05) is 65.2 Å². The van der Waals surface area contributed by atoms with E-state index in [0.717, 1.165) is 29.8 Å². The lowest BCUT2D eigenvalue weighted by molar-refractivity contribution is -0.110. The minimum absolute atomic E-state index is 0.256. The maximum Gasteiger partial charge on any atom is 0.316 e. The van der Waals surface area contributed by atoms with E-state index in [1.54, 1.807) is 30.5 Å². The number of aliphatic hydroxyl groups excluding tert-OH is 1. The summed E-state index contributed by atoms with van der Waals surface area (Å²) in [7, 11) is 0. The van der Waals surface area contributed by atoms with Crippen molar-refractivity contribution >= 4 is 46.5 Å². The van der Waals surface area contributed by atoms with Crippen LogP contribution in [0.5, 0.6) is 0 Å². The van der Waals surface area contributed by atoms with E-state index < -0.39 is 6.03 Å². The molecule has 172 valence electrons. The minimum Gasteiger partial charge on any atom is -0.391 e. The average molecular weight is 457 g/mol. The summed E-state index contributed by atoms with van der Waals surface area (Å²) in [6.45, 7) is 1.34. The van der Waals surface area contributed by atoms with Gasteiger partial charge in [0.05, 0.1) is 11.7 Å². The van der Waals surface area contributed by atoms with Crippen LogP contribution in [0, 0.1) is 0 Å². The first-order valence-electron chi connectivity index (χ1n) is 10.9. The Morgan fingerprint density at radius 3 is 2.88 bits per heavy atom. The number of rotatable bonds is 4. The highest BCUT2D eigenvalue weighted by Crippen LogP contribution is 2.36. The summed E-state index contributed by atoms with van der Waals surface area (Å²) in [5.74, 6) is 1.82. The molecule has 34 heavy (non-hydrogen) atoms. The van der Waals surface area contributed by atoms with Crippen molar-refractivity contribution in [2.45, 2.75) is 18.9 Å². The molecule has 9 nitrogen and oxygen atoms in total. The van der Waals surface area contributed by atoms with Crippen LogP contribution in [0.3, 0.4) is 0 Å². The van der Waals surface area contributed by atoms with Crippen molar-refractivity contribution in [3.63, 3.8) is 0 Å². The van der Waals surface area contributed by atoms with Crippen LogP contribution in [0.25, 0.3) is 17.2 Å². The molecule has 0 saturated carbocycles. The molecule has 0 spiro atoms. The Bertz CT molecular complexity index is 1340. The number of H-pyrrole nitrogens is 1. The Labute approximate surface area is 195 Å². The van der Waals surface area contributed by atoms with Crippen molar-refractivity contribution in [3.05, 3.63) is 70.7 Å². The zero-order valence-electron chi connectivity index (χ0n) is 18.2. The highest BCUT2D eigenvalue weighted by atomic mass is 16.3.